The fraction of sp³-hybridized carbons (Fsp3) is 0.400. The lowest BCUT2D eigenvalue weighted by molar-refractivity contribution is 0.170. The van der Waals surface area contributed by atoms with Crippen molar-refractivity contribution in [3.63, 3.8) is 0 Å². The van der Waals surface area contributed by atoms with Crippen molar-refractivity contribution in [3.8, 4) is 0 Å². The van der Waals surface area contributed by atoms with Gasteiger partial charge < -0.3 is 20.9 Å². The molecule has 1 atom stereocenters. The van der Waals surface area contributed by atoms with Crippen LogP contribution in [-0.4, -0.2) is 22.5 Å². The van der Waals surface area contributed by atoms with E-state index in [9.17, 15) is 18.3 Å². The number of anilines is 3. The molecule has 152 valence electrons. The Morgan fingerprint density at radius 1 is 1.14 bits per heavy atom. The fourth-order valence-corrected chi connectivity index (χ4v) is 4.18. The average molecular weight is 411 g/mol. The molecular weight excluding hydrogens is 387 g/mol. The normalized spacial score (nSPS) is 16.0. The first-order valence-electron chi connectivity index (χ1n) is 9.08. The summed E-state index contributed by atoms with van der Waals surface area (Å²) in [6.07, 6.45) is 1.68. The first kappa shape index (κ1) is 20.8. The zero-order valence-electron chi connectivity index (χ0n) is 15.8. The topological polar surface area (TPSA) is 70.3 Å². The molecule has 0 saturated heterocycles. The SMILES string of the molecule is Cc1ccc(Nc2c(F)c(F)cc(C)c2NSC2(CC(O)CN)CC2)c(F)c1. The van der Waals surface area contributed by atoms with E-state index in [1.54, 1.807) is 19.9 Å². The molecule has 28 heavy (non-hydrogen) atoms. The lowest BCUT2D eigenvalue weighted by Crippen LogP contribution is -2.25. The molecule has 4 nitrogen and oxygen atoms in total. The highest BCUT2D eigenvalue weighted by atomic mass is 32.2. The second-order valence-electron chi connectivity index (χ2n) is 7.33. The number of aliphatic hydroxyl groups excluding tert-OH is 1. The molecule has 3 rings (SSSR count). The Morgan fingerprint density at radius 3 is 2.46 bits per heavy atom. The molecule has 5 N–H and O–H groups in total. The van der Waals surface area contributed by atoms with Crippen molar-refractivity contribution >= 4 is 29.0 Å². The van der Waals surface area contributed by atoms with E-state index in [1.165, 1.54) is 24.1 Å². The number of nitrogens with two attached hydrogens (primary N) is 1. The molecule has 1 unspecified atom stereocenters. The Morgan fingerprint density at radius 2 is 1.86 bits per heavy atom. The van der Waals surface area contributed by atoms with Crippen LogP contribution in [0.15, 0.2) is 24.3 Å². The van der Waals surface area contributed by atoms with Gasteiger partial charge in [0.05, 0.1) is 17.5 Å². The summed E-state index contributed by atoms with van der Waals surface area (Å²) in [5.74, 6) is -2.65. The molecule has 2 aromatic carbocycles. The summed E-state index contributed by atoms with van der Waals surface area (Å²) in [6.45, 7) is 3.57. The maximum Gasteiger partial charge on any atom is 0.184 e. The van der Waals surface area contributed by atoms with Crippen LogP contribution in [0.3, 0.4) is 0 Å². The van der Waals surface area contributed by atoms with Crippen molar-refractivity contribution < 1.29 is 18.3 Å². The van der Waals surface area contributed by atoms with Crippen LogP contribution in [0.2, 0.25) is 0 Å². The number of benzene rings is 2. The van der Waals surface area contributed by atoms with Crippen molar-refractivity contribution in [1.29, 1.82) is 0 Å². The number of hydrogen-bond donors (Lipinski definition) is 4. The first-order chi connectivity index (χ1) is 13.2. The number of hydrogen-bond acceptors (Lipinski definition) is 5. The van der Waals surface area contributed by atoms with E-state index in [1.807, 2.05) is 0 Å². The van der Waals surface area contributed by atoms with E-state index >= 15 is 0 Å². The Bertz CT molecular complexity index is 874. The minimum atomic E-state index is -1.08. The van der Waals surface area contributed by atoms with E-state index in [4.69, 9.17) is 5.73 Å². The van der Waals surface area contributed by atoms with Crippen molar-refractivity contribution in [3.05, 3.63) is 52.8 Å². The van der Waals surface area contributed by atoms with E-state index in [0.717, 1.165) is 24.5 Å². The third-order valence-electron chi connectivity index (χ3n) is 4.86. The smallest absolute Gasteiger partial charge is 0.184 e. The van der Waals surface area contributed by atoms with Gasteiger partial charge >= 0.3 is 0 Å². The predicted molar refractivity (Wildman–Crippen MR) is 108 cm³/mol. The number of nitrogens with one attached hydrogen (secondary N) is 2. The van der Waals surface area contributed by atoms with Crippen molar-refractivity contribution in [2.75, 3.05) is 16.6 Å². The summed E-state index contributed by atoms with van der Waals surface area (Å²) in [4.78, 5) is 0. The number of rotatable bonds is 8. The number of aryl methyl sites for hydroxylation is 2. The van der Waals surface area contributed by atoms with Gasteiger partial charge in [0.15, 0.2) is 11.6 Å². The highest BCUT2D eigenvalue weighted by Gasteiger charge is 2.45. The molecule has 0 amide bonds. The van der Waals surface area contributed by atoms with Crippen LogP contribution in [0.5, 0.6) is 0 Å². The summed E-state index contributed by atoms with van der Waals surface area (Å²) in [5.41, 5.74) is 6.95. The maximum absolute atomic E-state index is 14.6. The third-order valence-corrected chi connectivity index (χ3v) is 6.17. The molecule has 2 aromatic rings. The molecule has 0 bridgehead atoms. The molecule has 1 saturated carbocycles. The third kappa shape index (κ3) is 4.56. The van der Waals surface area contributed by atoms with Gasteiger partial charge in [-0.2, -0.15) is 0 Å². The number of halogens is 3. The van der Waals surface area contributed by atoms with Crippen LogP contribution < -0.4 is 15.8 Å². The Balaban J connectivity index is 1.87. The Hall–Kier alpha value is -1.90. The highest BCUT2D eigenvalue weighted by molar-refractivity contribution is 8.02. The van der Waals surface area contributed by atoms with Crippen LogP contribution >= 0.6 is 11.9 Å². The Kier molecular flexibility index (Phi) is 6.12. The highest BCUT2D eigenvalue weighted by Crippen LogP contribution is 2.52. The second kappa shape index (κ2) is 8.23. The first-order valence-corrected chi connectivity index (χ1v) is 9.90. The van der Waals surface area contributed by atoms with Gasteiger partial charge in [0.2, 0.25) is 0 Å². The standard InChI is InChI=1S/C20H24F3N3OS/c1-11-3-4-16(14(21)7-11)25-19-17(23)15(22)8-12(2)18(19)26-28-20(5-6-20)9-13(27)10-24/h3-4,7-8,13,25-27H,5-6,9-10,24H2,1-2H3. The van der Waals surface area contributed by atoms with Crippen LogP contribution in [0.1, 0.15) is 30.4 Å². The molecule has 1 aliphatic rings. The van der Waals surface area contributed by atoms with Crippen molar-refractivity contribution in [2.45, 2.75) is 44.0 Å². The summed E-state index contributed by atoms with van der Waals surface area (Å²) in [5, 5.41) is 12.5. The van der Waals surface area contributed by atoms with Gasteiger partial charge in [-0.25, -0.2) is 13.2 Å². The van der Waals surface area contributed by atoms with Crippen molar-refractivity contribution in [1.82, 2.24) is 0 Å². The molecule has 1 aliphatic carbocycles. The van der Waals surface area contributed by atoms with Gasteiger partial charge in [0, 0.05) is 11.3 Å². The second-order valence-corrected chi connectivity index (χ2v) is 8.60. The molecule has 0 aromatic heterocycles. The predicted octanol–water partition coefficient (Wildman–Crippen LogP) is 4.77. The van der Waals surface area contributed by atoms with Gasteiger partial charge in [0.1, 0.15) is 11.5 Å². The van der Waals surface area contributed by atoms with Crippen LogP contribution in [-0.2, 0) is 0 Å². The van der Waals surface area contributed by atoms with Gasteiger partial charge in [-0.3, -0.25) is 0 Å². The van der Waals surface area contributed by atoms with Gasteiger partial charge in [0.25, 0.3) is 0 Å². The quantitative estimate of drug-likeness (QED) is 0.471. The van der Waals surface area contributed by atoms with Crippen LogP contribution in [0.25, 0.3) is 0 Å². The summed E-state index contributed by atoms with van der Waals surface area (Å²) < 4.78 is 45.7. The zero-order valence-corrected chi connectivity index (χ0v) is 16.6. The number of aliphatic hydroxyl groups is 1. The average Bonchev–Trinajstić information content (AvgIpc) is 3.40. The largest absolute Gasteiger partial charge is 0.392 e. The summed E-state index contributed by atoms with van der Waals surface area (Å²) in [6, 6.07) is 5.59. The molecule has 0 aliphatic heterocycles. The fourth-order valence-electron chi connectivity index (χ4n) is 3.02. The lowest BCUT2D eigenvalue weighted by Gasteiger charge is -2.22. The minimum Gasteiger partial charge on any atom is -0.392 e. The molecule has 0 spiro atoms. The van der Waals surface area contributed by atoms with Crippen LogP contribution in [0, 0.1) is 31.3 Å². The summed E-state index contributed by atoms with van der Waals surface area (Å²) >= 11 is 1.36. The molecule has 0 radical (unpaired) electrons. The summed E-state index contributed by atoms with van der Waals surface area (Å²) in [7, 11) is 0. The van der Waals surface area contributed by atoms with E-state index in [0.29, 0.717) is 17.7 Å². The molecule has 1 fully saturated rings. The lowest BCUT2D eigenvalue weighted by atomic mass is 10.1. The zero-order chi connectivity index (χ0) is 20.5. The molecule has 8 heteroatoms. The van der Waals surface area contributed by atoms with E-state index in [2.05, 4.69) is 10.0 Å². The van der Waals surface area contributed by atoms with Crippen LogP contribution in [0.4, 0.5) is 30.2 Å². The van der Waals surface area contributed by atoms with Gasteiger partial charge in [-0.05, 0) is 74.4 Å². The Labute approximate surface area is 166 Å². The van der Waals surface area contributed by atoms with E-state index in [-0.39, 0.29) is 22.7 Å². The monoisotopic (exact) mass is 411 g/mol. The maximum atomic E-state index is 14.6. The van der Waals surface area contributed by atoms with Gasteiger partial charge in [-0.1, -0.05) is 6.07 Å². The van der Waals surface area contributed by atoms with Crippen molar-refractivity contribution in [2.24, 2.45) is 5.73 Å². The van der Waals surface area contributed by atoms with E-state index < -0.39 is 23.6 Å². The van der Waals surface area contributed by atoms with Gasteiger partial charge in [-0.15, -0.1) is 0 Å². The molecular formula is C20H24F3N3OS. The molecule has 0 heterocycles. The minimum absolute atomic E-state index is 0.0576.